The Morgan fingerprint density at radius 3 is 2.16 bits per heavy atom. The van der Waals surface area contributed by atoms with E-state index in [4.69, 9.17) is 9.47 Å². The van der Waals surface area contributed by atoms with Crippen LogP contribution in [0.4, 0.5) is 11.4 Å². The maximum absolute atomic E-state index is 12.1. The number of carbonyl (C=O) groups is 2. The molecule has 8 heteroatoms. The molecule has 1 saturated heterocycles. The summed E-state index contributed by atoms with van der Waals surface area (Å²) in [6, 6.07) is 15.0. The van der Waals surface area contributed by atoms with Crippen molar-refractivity contribution in [1.82, 2.24) is 10.2 Å². The minimum Gasteiger partial charge on any atom is -0.497 e. The van der Waals surface area contributed by atoms with Crippen LogP contribution in [0, 0.1) is 0 Å². The fourth-order valence-corrected chi connectivity index (χ4v) is 3.42. The van der Waals surface area contributed by atoms with Gasteiger partial charge >= 0.3 is 11.8 Å². The van der Waals surface area contributed by atoms with E-state index < -0.39 is 11.8 Å². The highest BCUT2D eigenvalue weighted by atomic mass is 16.5. The first kappa shape index (κ1) is 22.4. The number of hydrogen-bond acceptors (Lipinski definition) is 6. The number of piperazine rings is 1. The van der Waals surface area contributed by atoms with Crippen LogP contribution in [0.1, 0.15) is 6.92 Å². The molecule has 1 fully saturated rings. The maximum Gasteiger partial charge on any atom is 0.313 e. The summed E-state index contributed by atoms with van der Waals surface area (Å²) in [5.41, 5.74) is 1.73. The summed E-state index contributed by atoms with van der Waals surface area (Å²) in [5.74, 6) is 0.265. The summed E-state index contributed by atoms with van der Waals surface area (Å²) in [6.45, 7) is 7.25. The van der Waals surface area contributed by atoms with Crippen LogP contribution in [-0.4, -0.2) is 69.7 Å². The summed E-state index contributed by atoms with van der Waals surface area (Å²) in [5, 5.41) is 5.29. The van der Waals surface area contributed by atoms with Crippen molar-refractivity contribution in [2.24, 2.45) is 0 Å². The third-order valence-electron chi connectivity index (χ3n) is 5.15. The van der Waals surface area contributed by atoms with Crippen molar-refractivity contribution in [3.05, 3.63) is 48.5 Å². The van der Waals surface area contributed by atoms with E-state index in [0.717, 1.165) is 37.7 Å². The van der Waals surface area contributed by atoms with E-state index in [0.29, 0.717) is 25.4 Å². The first-order chi connectivity index (χ1) is 15.1. The van der Waals surface area contributed by atoms with Gasteiger partial charge in [-0.1, -0.05) is 0 Å². The van der Waals surface area contributed by atoms with Crippen molar-refractivity contribution in [2.45, 2.75) is 6.92 Å². The normalized spacial score (nSPS) is 14.1. The third-order valence-corrected chi connectivity index (χ3v) is 5.15. The zero-order valence-electron chi connectivity index (χ0n) is 18.1. The Morgan fingerprint density at radius 2 is 1.55 bits per heavy atom. The molecule has 0 bridgehead atoms. The molecular weight excluding hydrogens is 396 g/mol. The predicted molar refractivity (Wildman–Crippen MR) is 121 cm³/mol. The van der Waals surface area contributed by atoms with Gasteiger partial charge in [0.2, 0.25) is 0 Å². The van der Waals surface area contributed by atoms with Gasteiger partial charge in [0.25, 0.3) is 0 Å². The number of ether oxygens (including phenoxy) is 2. The quantitative estimate of drug-likeness (QED) is 0.628. The smallest absolute Gasteiger partial charge is 0.313 e. The van der Waals surface area contributed by atoms with Crippen LogP contribution in [-0.2, 0) is 9.59 Å². The van der Waals surface area contributed by atoms with Crippen molar-refractivity contribution in [3.63, 3.8) is 0 Å². The van der Waals surface area contributed by atoms with Crippen LogP contribution in [0.15, 0.2) is 48.5 Å². The van der Waals surface area contributed by atoms with Crippen LogP contribution in [0.25, 0.3) is 0 Å². The summed E-state index contributed by atoms with van der Waals surface area (Å²) in [6.07, 6.45) is 0. The zero-order chi connectivity index (χ0) is 22.1. The van der Waals surface area contributed by atoms with E-state index in [1.165, 1.54) is 5.69 Å². The molecule has 0 radical (unpaired) electrons. The summed E-state index contributed by atoms with van der Waals surface area (Å²) < 4.78 is 10.6. The fraction of sp³-hybridized carbons (Fsp3) is 0.391. The lowest BCUT2D eigenvalue weighted by Gasteiger charge is -2.36. The summed E-state index contributed by atoms with van der Waals surface area (Å²) in [7, 11) is 1.66. The number of rotatable bonds is 8. The van der Waals surface area contributed by atoms with E-state index in [-0.39, 0.29) is 0 Å². The van der Waals surface area contributed by atoms with Crippen molar-refractivity contribution in [2.75, 3.05) is 63.2 Å². The predicted octanol–water partition coefficient (Wildman–Crippen LogP) is 1.97. The topological polar surface area (TPSA) is 83.1 Å². The van der Waals surface area contributed by atoms with Crippen LogP contribution >= 0.6 is 0 Å². The molecule has 0 atom stereocenters. The molecule has 1 heterocycles. The van der Waals surface area contributed by atoms with Gasteiger partial charge in [-0.15, -0.1) is 0 Å². The van der Waals surface area contributed by atoms with Crippen molar-refractivity contribution >= 4 is 23.2 Å². The molecule has 0 spiro atoms. The number of methoxy groups -OCH3 is 1. The van der Waals surface area contributed by atoms with Gasteiger partial charge in [-0.05, 0) is 55.5 Å². The van der Waals surface area contributed by atoms with Gasteiger partial charge in [0.1, 0.15) is 11.5 Å². The van der Waals surface area contributed by atoms with E-state index >= 15 is 0 Å². The second kappa shape index (κ2) is 11.2. The molecule has 2 aromatic carbocycles. The lowest BCUT2D eigenvalue weighted by atomic mass is 10.2. The Labute approximate surface area is 183 Å². The highest BCUT2D eigenvalue weighted by Crippen LogP contribution is 2.20. The number of amides is 2. The van der Waals surface area contributed by atoms with E-state index in [9.17, 15) is 9.59 Å². The van der Waals surface area contributed by atoms with Gasteiger partial charge in [0.15, 0.2) is 0 Å². The molecule has 2 aromatic rings. The second-order valence-electron chi connectivity index (χ2n) is 7.19. The summed E-state index contributed by atoms with van der Waals surface area (Å²) in [4.78, 5) is 28.7. The monoisotopic (exact) mass is 426 g/mol. The van der Waals surface area contributed by atoms with Crippen LogP contribution < -0.4 is 25.0 Å². The van der Waals surface area contributed by atoms with E-state index in [2.05, 4.69) is 32.6 Å². The highest BCUT2D eigenvalue weighted by molar-refractivity contribution is 6.39. The van der Waals surface area contributed by atoms with Crippen molar-refractivity contribution < 1.29 is 19.1 Å². The minimum atomic E-state index is -0.673. The standard InChI is InChI=1S/C23H30N4O4/c1-3-31-21-8-4-18(5-9-21)25-23(29)22(28)24-12-13-26-14-16-27(17-15-26)19-6-10-20(30-2)11-7-19/h4-11H,3,12-17H2,1-2H3,(H,24,28)(H,25,29). The SMILES string of the molecule is CCOc1ccc(NC(=O)C(=O)NCCN2CCN(c3ccc(OC)cc3)CC2)cc1. The number of hydrogen-bond donors (Lipinski definition) is 2. The number of nitrogens with zero attached hydrogens (tertiary/aromatic N) is 2. The van der Waals surface area contributed by atoms with Crippen molar-refractivity contribution in [1.29, 1.82) is 0 Å². The molecule has 1 aliphatic heterocycles. The number of nitrogens with one attached hydrogen (secondary N) is 2. The lowest BCUT2D eigenvalue weighted by Crippen LogP contribution is -2.49. The molecule has 2 amide bonds. The second-order valence-corrected chi connectivity index (χ2v) is 7.19. The molecule has 8 nitrogen and oxygen atoms in total. The number of carbonyl (C=O) groups excluding carboxylic acids is 2. The first-order valence-electron chi connectivity index (χ1n) is 10.5. The van der Waals surface area contributed by atoms with Crippen molar-refractivity contribution in [3.8, 4) is 11.5 Å². The average Bonchev–Trinajstić information content (AvgIpc) is 2.81. The van der Waals surface area contributed by atoms with E-state index in [1.807, 2.05) is 19.1 Å². The van der Waals surface area contributed by atoms with Crippen LogP contribution in [0.5, 0.6) is 11.5 Å². The van der Waals surface area contributed by atoms with Gasteiger partial charge in [-0.25, -0.2) is 0 Å². The Kier molecular flexibility index (Phi) is 8.12. The largest absolute Gasteiger partial charge is 0.497 e. The summed E-state index contributed by atoms with van der Waals surface area (Å²) >= 11 is 0. The molecule has 0 saturated carbocycles. The fourth-order valence-electron chi connectivity index (χ4n) is 3.42. The molecule has 0 aliphatic carbocycles. The Balaban J connectivity index is 1.35. The Hall–Kier alpha value is -3.26. The molecule has 166 valence electrons. The molecule has 1 aliphatic rings. The molecular formula is C23H30N4O4. The Bertz CT molecular complexity index is 847. The zero-order valence-corrected chi connectivity index (χ0v) is 18.1. The number of benzene rings is 2. The average molecular weight is 427 g/mol. The lowest BCUT2D eigenvalue weighted by molar-refractivity contribution is -0.136. The maximum atomic E-state index is 12.1. The third kappa shape index (κ3) is 6.62. The molecule has 0 aromatic heterocycles. The molecule has 31 heavy (non-hydrogen) atoms. The molecule has 2 N–H and O–H groups in total. The van der Waals surface area contributed by atoms with Gasteiger partial charge in [-0.2, -0.15) is 0 Å². The highest BCUT2D eigenvalue weighted by Gasteiger charge is 2.18. The number of anilines is 2. The first-order valence-corrected chi connectivity index (χ1v) is 10.5. The minimum absolute atomic E-state index is 0.429. The molecule has 3 rings (SSSR count). The van der Waals surface area contributed by atoms with E-state index in [1.54, 1.807) is 31.4 Å². The van der Waals surface area contributed by atoms with Crippen LogP contribution in [0.3, 0.4) is 0 Å². The van der Waals surface area contributed by atoms with Gasteiger partial charge in [-0.3, -0.25) is 14.5 Å². The van der Waals surface area contributed by atoms with Gasteiger partial charge < -0.3 is 25.0 Å². The van der Waals surface area contributed by atoms with Gasteiger partial charge in [0, 0.05) is 50.6 Å². The van der Waals surface area contributed by atoms with Gasteiger partial charge in [0.05, 0.1) is 13.7 Å². The Morgan fingerprint density at radius 1 is 0.903 bits per heavy atom. The van der Waals surface area contributed by atoms with Crippen LogP contribution in [0.2, 0.25) is 0 Å². The molecule has 0 unspecified atom stereocenters.